The Bertz CT molecular complexity index is 405. The molecule has 1 fully saturated rings. The number of rotatable bonds is 1. The summed E-state index contributed by atoms with van der Waals surface area (Å²) in [6.07, 6.45) is 1.56. The Morgan fingerprint density at radius 1 is 1.44 bits per heavy atom. The van der Waals surface area contributed by atoms with Crippen LogP contribution in [0.5, 0.6) is 5.75 Å². The predicted molar refractivity (Wildman–Crippen MR) is 61.8 cm³/mol. The van der Waals surface area contributed by atoms with Crippen LogP contribution in [0.2, 0.25) is 0 Å². The van der Waals surface area contributed by atoms with E-state index < -0.39 is 0 Å². The molecular weight excluding hydrogens is 202 g/mol. The molecule has 3 nitrogen and oxygen atoms in total. The third kappa shape index (κ3) is 1.51. The van der Waals surface area contributed by atoms with Crippen molar-refractivity contribution in [3.05, 3.63) is 29.3 Å². The molecule has 16 heavy (non-hydrogen) atoms. The molecule has 0 amide bonds. The maximum atomic E-state index is 6.02. The highest BCUT2D eigenvalue weighted by atomic mass is 16.5. The van der Waals surface area contributed by atoms with Gasteiger partial charge >= 0.3 is 0 Å². The van der Waals surface area contributed by atoms with Gasteiger partial charge in [0.05, 0.1) is 19.3 Å². The second kappa shape index (κ2) is 3.75. The van der Waals surface area contributed by atoms with Crippen molar-refractivity contribution in [2.75, 3.05) is 13.7 Å². The van der Waals surface area contributed by atoms with Gasteiger partial charge in [-0.2, -0.15) is 0 Å². The van der Waals surface area contributed by atoms with Crippen molar-refractivity contribution in [1.29, 1.82) is 0 Å². The fourth-order valence-electron chi connectivity index (χ4n) is 2.67. The smallest absolute Gasteiger partial charge is 0.119 e. The van der Waals surface area contributed by atoms with Crippen LogP contribution in [0.3, 0.4) is 0 Å². The van der Waals surface area contributed by atoms with E-state index >= 15 is 0 Å². The lowest BCUT2D eigenvalue weighted by molar-refractivity contribution is -0.0488. The zero-order valence-corrected chi connectivity index (χ0v) is 9.69. The third-order valence-corrected chi connectivity index (χ3v) is 3.51. The van der Waals surface area contributed by atoms with Gasteiger partial charge in [0.25, 0.3) is 0 Å². The number of fused-ring (bicyclic) bond motifs is 3. The number of methoxy groups -OCH3 is 1. The molecule has 3 atom stereocenters. The summed E-state index contributed by atoms with van der Waals surface area (Å²) in [5.41, 5.74) is 2.68. The average molecular weight is 219 g/mol. The first-order valence-electron chi connectivity index (χ1n) is 5.83. The van der Waals surface area contributed by atoms with Gasteiger partial charge in [0.2, 0.25) is 0 Å². The van der Waals surface area contributed by atoms with Crippen LogP contribution in [0.15, 0.2) is 18.2 Å². The van der Waals surface area contributed by atoms with Gasteiger partial charge in [-0.3, -0.25) is 0 Å². The van der Waals surface area contributed by atoms with Crippen LogP contribution in [0.1, 0.15) is 24.2 Å². The van der Waals surface area contributed by atoms with Crippen molar-refractivity contribution in [2.45, 2.75) is 31.6 Å². The Labute approximate surface area is 95.8 Å². The monoisotopic (exact) mass is 219 g/mol. The lowest BCUT2D eigenvalue weighted by Gasteiger charge is -2.32. The van der Waals surface area contributed by atoms with E-state index in [1.165, 1.54) is 11.1 Å². The molecule has 3 unspecified atom stereocenters. The zero-order valence-electron chi connectivity index (χ0n) is 9.69. The van der Waals surface area contributed by atoms with Gasteiger partial charge in [-0.1, -0.05) is 6.07 Å². The number of ether oxygens (including phenoxy) is 2. The summed E-state index contributed by atoms with van der Waals surface area (Å²) in [5, 5.41) is 3.55. The topological polar surface area (TPSA) is 30.5 Å². The van der Waals surface area contributed by atoms with Gasteiger partial charge in [-0.05, 0) is 36.6 Å². The largest absolute Gasteiger partial charge is 0.497 e. The molecule has 3 heteroatoms. The molecule has 0 radical (unpaired) electrons. The van der Waals surface area contributed by atoms with E-state index in [4.69, 9.17) is 9.47 Å². The molecule has 0 aromatic heterocycles. The van der Waals surface area contributed by atoms with Crippen LogP contribution >= 0.6 is 0 Å². The van der Waals surface area contributed by atoms with Gasteiger partial charge in [0, 0.05) is 12.6 Å². The fourth-order valence-corrected chi connectivity index (χ4v) is 2.67. The van der Waals surface area contributed by atoms with Crippen molar-refractivity contribution in [1.82, 2.24) is 5.32 Å². The summed E-state index contributed by atoms with van der Waals surface area (Å²) < 4.78 is 11.3. The minimum absolute atomic E-state index is 0.203. The highest BCUT2D eigenvalue weighted by Gasteiger charge is 2.37. The Morgan fingerprint density at radius 2 is 2.31 bits per heavy atom. The average Bonchev–Trinajstić information content (AvgIpc) is 2.66. The Morgan fingerprint density at radius 3 is 3.12 bits per heavy atom. The fraction of sp³-hybridized carbons (Fsp3) is 0.538. The summed E-state index contributed by atoms with van der Waals surface area (Å²) in [6.45, 7) is 3.06. The predicted octanol–water partition coefficient (Wildman–Crippen LogP) is 1.67. The van der Waals surface area contributed by atoms with E-state index in [2.05, 4.69) is 24.4 Å². The summed E-state index contributed by atoms with van der Waals surface area (Å²) in [6, 6.07) is 6.74. The number of nitrogens with one attached hydrogen (secondary N) is 1. The number of hydrogen-bond acceptors (Lipinski definition) is 3. The second-order valence-electron chi connectivity index (χ2n) is 4.65. The lowest BCUT2D eigenvalue weighted by Crippen LogP contribution is -2.45. The van der Waals surface area contributed by atoms with E-state index in [0.29, 0.717) is 12.1 Å². The molecular formula is C13H17NO2. The van der Waals surface area contributed by atoms with E-state index in [1.54, 1.807) is 7.11 Å². The van der Waals surface area contributed by atoms with Gasteiger partial charge in [0.1, 0.15) is 5.75 Å². The number of morpholine rings is 1. The molecule has 0 bridgehead atoms. The first-order valence-corrected chi connectivity index (χ1v) is 5.83. The van der Waals surface area contributed by atoms with E-state index in [1.807, 2.05) is 6.07 Å². The van der Waals surface area contributed by atoms with Crippen LogP contribution in [-0.4, -0.2) is 25.8 Å². The van der Waals surface area contributed by atoms with E-state index in [-0.39, 0.29) is 6.10 Å². The van der Waals surface area contributed by atoms with Gasteiger partial charge in [-0.25, -0.2) is 0 Å². The van der Waals surface area contributed by atoms with Crippen molar-refractivity contribution in [2.24, 2.45) is 0 Å². The lowest BCUT2D eigenvalue weighted by atomic mass is 10.1. The van der Waals surface area contributed by atoms with Gasteiger partial charge in [0.15, 0.2) is 0 Å². The van der Waals surface area contributed by atoms with Crippen LogP contribution in [-0.2, 0) is 11.2 Å². The minimum atomic E-state index is 0.203. The van der Waals surface area contributed by atoms with Crippen LogP contribution < -0.4 is 10.1 Å². The molecule has 2 aliphatic rings. The van der Waals surface area contributed by atoms with E-state index in [9.17, 15) is 0 Å². The molecule has 0 saturated carbocycles. The van der Waals surface area contributed by atoms with Gasteiger partial charge < -0.3 is 14.8 Å². The maximum Gasteiger partial charge on any atom is 0.119 e. The van der Waals surface area contributed by atoms with Crippen LogP contribution in [0.25, 0.3) is 0 Å². The quantitative estimate of drug-likeness (QED) is 0.779. The molecule has 3 rings (SSSR count). The molecule has 1 heterocycles. The molecule has 86 valence electrons. The molecule has 1 aromatic rings. The standard InChI is InChI=1S/C13H17NO2/c1-8-7-14-12-5-9-3-4-10(15-2)6-11(9)13(12)16-8/h3-4,6,8,12-14H,5,7H2,1-2H3. The number of benzene rings is 1. The Hall–Kier alpha value is -1.06. The first kappa shape index (κ1) is 10.1. The van der Waals surface area contributed by atoms with Crippen molar-refractivity contribution < 1.29 is 9.47 Å². The molecule has 1 saturated heterocycles. The first-order chi connectivity index (χ1) is 7.78. The van der Waals surface area contributed by atoms with Crippen molar-refractivity contribution in [3.63, 3.8) is 0 Å². The maximum absolute atomic E-state index is 6.02. The highest BCUT2D eigenvalue weighted by Crippen LogP contribution is 2.38. The zero-order chi connectivity index (χ0) is 11.1. The Kier molecular flexibility index (Phi) is 2.37. The molecule has 0 spiro atoms. The summed E-state index contributed by atoms with van der Waals surface area (Å²) in [7, 11) is 1.71. The highest BCUT2D eigenvalue weighted by molar-refractivity contribution is 5.42. The van der Waals surface area contributed by atoms with E-state index in [0.717, 1.165) is 18.7 Å². The molecule has 1 aliphatic carbocycles. The van der Waals surface area contributed by atoms with Crippen LogP contribution in [0, 0.1) is 0 Å². The molecule has 1 N–H and O–H groups in total. The Balaban J connectivity index is 1.95. The summed E-state index contributed by atoms with van der Waals surface area (Å²) >= 11 is 0. The van der Waals surface area contributed by atoms with Gasteiger partial charge in [-0.15, -0.1) is 0 Å². The normalized spacial score (nSPS) is 32.0. The molecule has 1 aliphatic heterocycles. The third-order valence-electron chi connectivity index (χ3n) is 3.51. The minimum Gasteiger partial charge on any atom is -0.497 e. The van der Waals surface area contributed by atoms with Crippen molar-refractivity contribution >= 4 is 0 Å². The SMILES string of the molecule is COc1ccc2c(c1)C1OC(C)CNC1C2. The second-order valence-corrected chi connectivity index (χ2v) is 4.65. The summed E-state index contributed by atoms with van der Waals surface area (Å²) in [4.78, 5) is 0. The van der Waals surface area contributed by atoms with Crippen LogP contribution in [0.4, 0.5) is 0 Å². The molecule has 1 aromatic carbocycles. The summed E-state index contributed by atoms with van der Waals surface area (Å²) in [5.74, 6) is 0.918. The number of hydrogen-bond donors (Lipinski definition) is 1. The van der Waals surface area contributed by atoms with Crippen molar-refractivity contribution in [3.8, 4) is 5.75 Å².